The van der Waals surface area contributed by atoms with E-state index in [-0.39, 0.29) is 0 Å². The fraction of sp³-hybridized carbons (Fsp3) is 0.765. The van der Waals surface area contributed by atoms with Crippen molar-refractivity contribution in [3.05, 3.63) is 11.3 Å². The van der Waals surface area contributed by atoms with Crippen molar-refractivity contribution in [3.63, 3.8) is 0 Å². The average molecular weight is 301 g/mol. The van der Waals surface area contributed by atoms with Crippen LogP contribution in [-0.2, 0) is 12.8 Å². The Bertz CT molecular complexity index is 530. The number of rotatable bonds is 2. The zero-order valence-corrected chi connectivity index (χ0v) is 13.7. The normalized spacial score (nSPS) is 23.0. The van der Waals surface area contributed by atoms with E-state index in [1.165, 1.54) is 62.3 Å². The quantitative estimate of drug-likeness (QED) is 0.831. The van der Waals surface area contributed by atoms with Gasteiger partial charge in [0.2, 0.25) is 5.95 Å². The maximum Gasteiger partial charge on any atom is 0.227 e. The molecule has 0 spiro atoms. The topological polar surface area (TPSA) is 35.5 Å². The standard InChI is InChI=1S/C17H27N5/c1-20-10-12-22(13-11-20)17-18-15-7-3-2-6-14(15)16(19-17)21-8-4-5-9-21/h2-13H2,1H3. The highest BCUT2D eigenvalue weighted by Crippen LogP contribution is 2.32. The summed E-state index contributed by atoms with van der Waals surface area (Å²) >= 11 is 0. The molecule has 0 atom stereocenters. The first kappa shape index (κ1) is 14.2. The summed E-state index contributed by atoms with van der Waals surface area (Å²) in [7, 11) is 2.20. The Morgan fingerprint density at radius 1 is 0.727 bits per heavy atom. The molecule has 120 valence electrons. The summed E-state index contributed by atoms with van der Waals surface area (Å²) in [6.07, 6.45) is 7.51. The van der Waals surface area contributed by atoms with Gasteiger partial charge < -0.3 is 14.7 Å². The van der Waals surface area contributed by atoms with Crippen LogP contribution < -0.4 is 9.80 Å². The van der Waals surface area contributed by atoms with Gasteiger partial charge in [0, 0.05) is 44.8 Å². The lowest BCUT2D eigenvalue weighted by atomic mass is 9.96. The van der Waals surface area contributed by atoms with Crippen LogP contribution in [0.15, 0.2) is 0 Å². The second-order valence-electron chi connectivity index (χ2n) is 6.96. The Morgan fingerprint density at radius 3 is 2.23 bits per heavy atom. The van der Waals surface area contributed by atoms with Crippen molar-refractivity contribution >= 4 is 11.8 Å². The molecular weight excluding hydrogens is 274 g/mol. The molecule has 1 aliphatic carbocycles. The molecular formula is C17H27N5. The molecule has 3 heterocycles. The van der Waals surface area contributed by atoms with Gasteiger partial charge in [-0.2, -0.15) is 4.98 Å². The van der Waals surface area contributed by atoms with Gasteiger partial charge in [0.25, 0.3) is 0 Å². The summed E-state index contributed by atoms with van der Waals surface area (Å²) in [4.78, 5) is 17.3. The molecule has 0 radical (unpaired) electrons. The first-order valence-corrected chi connectivity index (χ1v) is 8.89. The van der Waals surface area contributed by atoms with Gasteiger partial charge in [-0.05, 0) is 45.6 Å². The number of nitrogens with zero attached hydrogens (tertiary/aromatic N) is 5. The Kier molecular flexibility index (Phi) is 3.90. The van der Waals surface area contributed by atoms with Crippen molar-refractivity contribution in [3.8, 4) is 0 Å². The summed E-state index contributed by atoms with van der Waals surface area (Å²) in [6.45, 7) is 6.67. The van der Waals surface area contributed by atoms with E-state index in [0.717, 1.165) is 38.5 Å². The van der Waals surface area contributed by atoms with Gasteiger partial charge in [0.1, 0.15) is 5.82 Å². The third-order valence-electron chi connectivity index (χ3n) is 5.34. The molecule has 0 amide bonds. The largest absolute Gasteiger partial charge is 0.356 e. The van der Waals surface area contributed by atoms with E-state index >= 15 is 0 Å². The van der Waals surface area contributed by atoms with Gasteiger partial charge in [-0.25, -0.2) is 4.98 Å². The van der Waals surface area contributed by atoms with Crippen LogP contribution in [0.5, 0.6) is 0 Å². The van der Waals surface area contributed by atoms with Crippen LogP contribution >= 0.6 is 0 Å². The first-order valence-electron chi connectivity index (χ1n) is 8.89. The van der Waals surface area contributed by atoms with Crippen molar-refractivity contribution in [2.75, 3.05) is 56.1 Å². The van der Waals surface area contributed by atoms with Crippen molar-refractivity contribution in [1.82, 2.24) is 14.9 Å². The van der Waals surface area contributed by atoms with Gasteiger partial charge >= 0.3 is 0 Å². The minimum atomic E-state index is 0.982. The molecule has 0 unspecified atom stereocenters. The van der Waals surface area contributed by atoms with Crippen LogP contribution in [0.4, 0.5) is 11.8 Å². The number of fused-ring (bicyclic) bond motifs is 1. The minimum absolute atomic E-state index is 0.982. The highest BCUT2D eigenvalue weighted by atomic mass is 15.3. The summed E-state index contributed by atoms with van der Waals surface area (Å²) in [5, 5.41) is 0. The Labute approximate surface area is 133 Å². The van der Waals surface area contributed by atoms with Crippen molar-refractivity contribution in [2.24, 2.45) is 0 Å². The maximum atomic E-state index is 5.04. The van der Waals surface area contributed by atoms with Gasteiger partial charge in [0.05, 0.1) is 5.69 Å². The van der Waals surface area contributed by atoms with E-state index in [2.05, 4.69) is 21.7 Å². The molecule has 0 aromatic carbocycles. The third-order valence-corrected chi connectivity index (χ3v) is 5.34. The summed E-state index contributed by atoms with van der Waals surface area (Å²) in [5.74, 6) is 2.24. The van der Waals surface area contributed by atoms with Crippen molar-refractivity contribution in [2.45, 2.75) is 38.5 Å². The molecule has 4 rings (SSSR count). The van der Waals surface area contributed by atoms with E-state index in [1.807, 2.05) is 0 Å². The second kappa shape index (κ2) is 6.03. The van der Waals surface area contributed by atoms with Crippen LogP contribution in [0.1, 0.15) is 36.9 Å². The van der Waals surface area contributed by atoms with Crippen LogP contribution in [0.2, 0.25) is 0 Å². The van der Waals surface area contributed by atoms with Gasteiger partial charge in [-0.3, -0.25) is 0 Å². The zero-order chi connectivity index (χ0) is 14.9. The molecule has 3 aliphatic rings. The highest BCUT2D eigenvalue weighted by Gasteiger charge is 2.26. The van der Waals surface area contributed by atoms with Crippen LogP contribution in [0.25, 0.3) is 0 Å². The first-order chi connectivity index (χ1) is 10.8. The molecule has 1 aromatic rings. The zero-order valence-electron chi connectivity index (χ0n) is 13.7. The lowest BCUT2D eigenvalue weighted by Gasteiger charge is -2.34. The van der Waals surface area contributed by atoms with E-state index < -0.39 is 0 Å². The third kappa shape index (κ3) is 2.67. The number of hydrogen-bond acceptors (Lipinski definition) is 5. The highest BCUT2D eigenvalue weighted by molar-refractivity contribution is 5.55. The molecule has 2 fully saturated rings. The smallest absolute Gasteiger partial charge is 0.227 e. The number of piperazine rings is 1. The summed E-state index contributed by atoms with van der Waals surface area (Å²) in [6, 6.07) is 0. The molecule has 1 aromatic heterocycles. The molecule has 5 heteroatoms. The summed E-state index contributed by atoms with van der Waals surface area (Å²) < 4.78 is 0. The number of hydrogen-bond donors (Lipinski definition) is 0. The number of likely N-dealkylation sites (N-methyl/N-ethyl adjacent to an activating group) is 1. The molecule has 22 heavy (non-hydrogen) atoms. The predicted molar refractivity (Wildman–Crippen MR) is 89.8 cm³/mol. The Balaban J connectivity index is 1.68. The molecule has 2 aliphatic heterocycles. The lowest BCUT2D eigenvalue weighted by molar-refractivity contribution is 0.311. The van der Waals surface area contributed by atoms with Crippen molar-refractivity contribution in [1.29, 1.82) is 0 Å². The average Bonchev–Trinajstić information content (AvgIpc) is 3.09. The van der Waals surface area contributed by atoms with Gasteiger partial charge in [-0.1, -0.05) is 0 Å². The van der Waals surface area contributed by atoms with Crippen molar-refractivity contribution < 1.29 is 0 Å². The number of anilines is 2. The van der Waals surface area contributed by atoms with Crippen LogP contribution in [-0.4, -0.2) is 61.2 Å². The minimum Gasteiger partial charge on any atom is -0.356 e. The molecule has 0 N–H and O–H groups in total. The second-order valence-corrected chi connectivity index (χ2v) is 6.96. The number of aryl methyl sites for hydroxylation is 1. The van der Waals surface area contributed by atoms with Crippen LogP contribution in [0, 0.1) is 0 Å². The maximum absolute atomic E-state index is 5.04. The van der Waals surface area contributed by atoms with Gasteiger partial charge in [0.15, 0.2) is 0 Å². The van der Waals surface area contributed by atoms with Crippen LogP contribution in [0.3, 0.4) is 0 Å². The Hall–Kier alpha value is -1.36. The Morgan fingerprint density at radius 2 is 1.45 bits per heavy atom. The van der Waals surface area contributed by atoms with E-state index in [0.29, 0.717) is 0 Å². The van der Waals surface area contributed by atoms with E-state index in [1.54, 1.807) is 0 Å². The van der Waals surface area contributed by atoms with E-state index in [9.17, 15) is 0 Å². The molecule has 0 bridgehead atoms. The SMILES string of the molecule is CN1CCN(c2nc3c(c(N4CCCC4)n2)CCCC3)CC1. The summed E-state index contributed by atoms with van der Waals surface area (Å²) in [5.41, 5.74) is 2.78. The monoisotopic (exact) mass is 301 g/mol. The fourth-order valence-electron chi connectivity index (χ4n) is 3.90. The van der Waals surface area contributed by atoms with E-state index in [4.69, 9.17) is 9.97 Å². The van der Waals surface area contributed by atoms with Gasteiger partial charge in [-0.15, -0.1) is 0 Å². The molecule has 2 saturated heterocycles. The molecule has 5 nitrogen and oxygen atoms in total. The number of aromatic nitrogens is 2. The lowest BCUT2D eigenvalue weighted by Crippen LogP contribution is -2.45. The molecule has 0 saturated carbocycles. The fourth-order valence-corrected chi connectivity index (χ4v) is 3.90. The predicted octanol–water partition coefficient (Wildman–Crippen LogP) is 1.71.